The zero-order valence-corrected chi connectivity index (χ0v) is 17.8. The van der Waals surface area contributed by atoms with E-state index >= 15 is 0 Å². The predicted octanol–water partition coefficient (Wildman–Crippen LogP) is 2.69. The molecule has 7 nitrogen and oxygen atoms in total. The maximum absolute atomic E-state index is 13.1. The number of methoxy groups -OCH3 is 1. The Kier molecular flexibility index (Phi) is 6.62. The molecule has 2 aliphatic rings. The molecule has 1 aliphatic carbocycles. The number of sulfonamides is 1. The van der Waals surface area contributed by atoms with Gasteiger partial charge in [0.2, 0.25) is 11.8 Å². The van der Waals surface area contributed by atoms with Crippen LogP contribution in [0.1, 0.15) is 50.5 Å². The Balaban J connectivity index is 1.72. The SMILES string of the molecule is COc1ccc(S(=O)(=O)N2C(=O)CC[C@@H]2C(=O)NCCC2=CCCCC2)cc1C. The summed E-state index contributed by atoms with van der Waals surface area (Å²) in [6.07, 6.45) is 7.72. The second-order valence-electron chi connectivity index (χ2n) is 7.53. The van der Waals surface area contributed by atoms with Crippen LogP contribution in [0.3, 0.4) is 0 Å². The quantitative estimate of drug-likeness (QED) is 0.685. The van der Waals surface area contributed by atoms with Crippen LogP contribution in [0.4, 0.5) is 0 Å². The smallest absolute Gasteiger partial charge is 0.267 e. The number of nitrogens with one attached hydrogen (secondary N) is 1. The van der Waals surface area contributed by atoms with E-state index in [2.05, 4.69) is 11.4 Å². The second kappa shape index (κ2) is 8.98. The van der Waals surface area contributed by atoms with Crippen LogP contribution >= 0.6 is 0 Å². The highest BCUT2D eigenvalue weighted by Gasteiger charge is 2.44. The first-order valence-electron chi connectivity index (χ1n) is 10.0. The molecule has 1 atom stereocenters. The number of aryl methyl sites for hydroxylation is 1. The van der Waals surface area contributed by atoms with Crippen molar-refractivity contribution in [3.63, 3.8) is 0 Å². The summed E-state index contributed by atoms with van der Waals surface area (Å²) in [5.74, 6) is -0.405. The van der Waals surface area contributed by atoms with Crippen LogP contribution in [-0.4, -0.2) is 44.2 Å². The number of benzene rings is 1. The van der Waals surface area contributed by atoms with Gasteiger partial charge in [-0.15, -0.1) is 0 Å². The monoisotopic (exact) mass is 420 g/mol. The second-order valence-corrected chi connectivity index (χ2v) is 9.34. The minimum atomic E-state index is -4.12. The van der Waals surface area contributed by atoms with Crippen LogP contribution in [-0.2, 0) is 19.6 Å². The van der Waals surface area contributed by atoms with Crippen LogP contribution < -0.4 is 10.1 Å². The van der Waals surface area contributed by atoms with E-state index in [9.17, 15) is 18.0 Å². The molecular weight excluding hydrogens is 392 g/mol. The number of allylic oxidation sites excluding steroid dienone is 1. The maximum Gasteiger partial charge on any atom is 0.267 e. The molecule has 0 bridgehead atoms. The Morgan fingerprint density at radius 1 is 1.28 bits per heavy atom. The van der Waals surface area contributed by atoms with E-state index < -0.39 is 27.9 Å². The largest absolute Gasteiger partial charge is 0.496 e. The summed E-state index contributed by atoms with van der Waals surface area (Å²) < 4.78 is 32.1. The number of hydrogen-bond donors (Lipinski definition) is 1. The summed E-state index contributed by atoms with van der Waals surface area (Å²) in [6, 6.07) is 3.41. The maximum atomic E-state index is 13.1. The lowest BCUT2D eigenvalue weighted by Crippen LogP contribution is -2.47. The highest BCUT2D eigenvalue weighted by molar-refractivity contribution is 7.89. The minimum Gasteiger partial charge on any atom is -0.496 e. The standard InChI is InChI=1S/C21H28N2O5S/c1-15-14-17(8-10-19(15)28-2)29(26,27)23-18(9-11-20(23)24)21(25)22-13-12-16-6-4-3-5-7-16/h6,8,10,14,18H,3-5,7,9,11-13H2,1-2H3,(H,22,25)/t18-/m1/s1. The van der Waals surface area contributed by atoms with E-state index in [1.165, 1.54) is 37.7 Å². The van der Waals surface area contributed by atoms with E-state index in [1.807, 2.05) is 0 Å². The normalized spacial score (nSPS) is 19.8. The highest BCUT2D eigenvalue weighted by Crippen LogP contribution is 2.30. The molecule has 0 aromatic heterocycles. The van der Waals surface area contributed by atoms with Gasteiger partial charge in [0, 0.05) is 13.0 Å². The van der Waals surface area contributed by atoms with Gasteiger partial charge in [-0.1, -0.05) is 11.6 Å². The van der Waals surface area contributed by atoms with E-state index in [0.717, 1.165) is 23.6 Å². The molecule has 158 valence electrons. The van der Waals surface area contributed by atoms with Crippen LogP contribution in [0.15, 0.2) is 34.7 Å². The van der Waals surface area contributed by atoms with E-state index in [4.69, 9.17) is 4.74 Å². The van der Waals surface area contributed by atoms with Gasteiger partial charge in [-0.05, 0) is 69.2 Å². The number of amides is 2. The van der Waals surface area contributed by atoms with Crippen molar-refractivity contribution in [2.75, 3.05) is 13.7 Å². The molecule has 3 rings (SSSR count). The van der Waals surface area contributed by atoms with Crippen LogP contribution in [0.5, 0.6) is 5.75 Å². The lowest BCUT2D eigenvalue weighted by molar-refractivity contribution is -0.130. The summed E-state index contributed by atoms with van der Waals surface area (Å²) in [5, 5.41) is 2.82. The number of nitrogens with zero attached hydrogens (tertiary/aromatic N) is 1. The van der Waals surface area contributed by atoms with Gasteiger partial charge < -0.3 is 10.1 Å². The van der Waals surface area contributed by atoms with Crippen molar-refractivity contribution in [1.29, 1.82) is 0 Å². The van der Waals surface area contributed by atoms with Crippen LogP contribution in [0, 0.1) is 6.92 Å². The average Bonchev–Trinajstić information content (AvgIpc) is 3.11. The number of hydrogen-bond acceptors (Lipinski definition) is 5. The van der Waals surface area contributed by atoms with E-state index in [1.54, 1.807) is 13.0 Å². The molecule has 1 fully saturated rings. The molecule has 0 saturated carbocycles. The van der Waals surface area contributed by atoms with Gasteiger partial charge in [0.25, 0.3) is 10.0 Å². The first-order valence-corrected chi connectivity index (χ1v) is 11.5. The van der Waals surface area contributed by atoms with Crippen LogP contribution in [0.25, 0.3) is 0 Å². The van der Waals surface area contributed by atoms with Gasteiger partial charge in [0.15, 0.2) is 0 Å². The molecule has 1 aromatic rings. The molecule has 1 aliphatic heterocycles. The lowest BCUT2D eigenvalue weighted by atomic mass is 9.97. The van der Waals surface area contributed by atoms with Gasteiger partial charge in [-0.2, -0.15) is 0 Å². The highest BCUT2D eigenvalue weighted by atomic mass is 32.2. The first kappa shape index (κ1) is 21.4. The molecule has 8 heteroatoms. The van der Waals surface area contributed by atoms with E-state index in [-0.39, 0.29) is 17.7 Å². The van der Waals surface area contributed by atoms with Crippen molar-refractivity contribution in [3.05, 3.63) is 35.4 Å². The first-order chi connectivity index (χ1) is 13.8. The van der Waals surface area contributed by atoms with Gasteiger partial charge >= 0.3 is 0 Å². The van der Waals surface area contributed by atoms with Gasteiger partial charge in [-0.3, -0.25) is 9.59 Å². The predicted molar refractivity (Wildman–Crippen MR) is 109 cm³/mol. The Bertz CT molecular complexity index is 923. The molecule has 1 saturated heterocycles. The van der Waals surface area contributed by atoms with Crippen molar-refractivity contribution in [3.8, 4) is 5.75 Å². The third kappa shape index (κ3) is 4.63. The van der Waals surface area contributed by atoms with Gasteiger partial charge in [0.05, 0.1) is 12.0 Å². The fraction of sp³-hybridized carbons (Fsp3) is 0.524. The fourth-order valence-electron chi connectivity index (χ4n) is 3.92. The topological polar surface area (TPSA) is 92.8 Å². The summed E-state index contributed by atoms with van der Waals surface area (Å²) >= 11 is 0. The number of carbonyl (C=O) groups excluding carboxylic acids is 2. The van der Waals surface area contributed by atoms with Crippen LogP contribution in [0.2, 0.25) is 0 Å². The Hall–Kier alpha value is -2.35. The summed E-state index contributed by atoms with van der Waals surface area (Å²) in [4.78, 5) is 25.0. The van der Waals surface area contributed by atoms with Crippen molar-refractivity contribution in [2.24, 2.45) is 0 Å². The minimum absolute atomic E-state index is 0.0174. The Morgan fingerprint density at radius 2 is 2.07 bits per heavy atom. The van der Waals surface area contributed by atoms with Crippen molar-refractivity contribution in [2.45, 2.75) is 62.8 Å². The third-order valence-corrected chi connectivity index (χ3v) is 7.34. The fourth-order valence-corrected chi connectivity index (χ4v) is 5.61. The molecule has 0 unspecified atom stereocenters. The molecular formula is C21H28N2O5S. The van der Waals surface area contributed by atoms with Gasteiger partial charge in [0.1, 0.15) is 11.8 Å². The van der Waals surface area contributed by atoms with Crippen molar-refractivity contribution < 1.29 is 22.7 Å². The summed E-state index contributed by atoms with van der Waals surface area (Å²) in [6.45, 7) is 2.18. The number of carbonyl (C=O) groups is 2. The van der Waals surface area contributed by atoms with Gasteiger partial charge in [-0.25, -0.2) is 12.7 Å². The molecule has 1 N–H and O–H groups in total. The summed E-state index contributed by atoms with van der Waals surface area (Å²) in [5.41, 5.74) is 1.97. The molecule has 1 heterocycles. The molecule has 0 radical (unpaired) electrons. The zero-order valence-electron chi connectivity index (χ0n) is 16.9. The average molecular weight is 421 g/mol. The van der Waals surface area contributed by atoms with Crippen molar-refractivity contribution in [1.82, 2.24) is 9.62 Å². The molecule has 1 aromatic carbocycles. The Labute approximate surface area is 172 Å². The Morgan fingerprint density at radius 3 is 2.72 bits per heavy atom. The number of ether oxygens (including phenoxy) is 1. The lowest BCUT2D eigenvalue weighted by Gasteiger charge is -2.24. The number of rotatable bonds is 7. The molecule has 0 spiro atoms. The van der Waals surface area contributed by atoms with Crippen molar-refractivity contribution >= 4 is 21.8 Å². The zero-order chi connectivity index (χ0) is 21.0. The summed E-state index contributed by atoms with van der Waals surface area (Å²) in [7, 11) is -2.61. The van der Waals surface area contributed by atoms with E-state index in [0.29, 0.717) is 17.9 Å². The third-order valence-electron chi connectivity index (χ3n) is 5.52. The molecule has 2 amide bonds. The molecule has 29 heavy (non-hydrogen) atoms.